The van der Waals surface area contributed by atoms with Gasteiger partial charge in [0.05, 0.1) is 34.1 Å². The van der Waals surface area contributed by atoms with Crippen LogP contribution in [0.3, 0.4) is 0 Å². The third kappa shape index (κ3) is 4.39. The van der Waals surface area contributed by atoms with Crippen molar-refractivity contribution in [2.75, 3.05) is 16.3 Å². The van der Waals surface area contributed by atoms with Crippen LogP contribution >= 0.6 is 0 Å². The second-order valence-corrected chi connectivity index (χ2v) is 9.76. The molecule has 10 nitrogen and oxygen atoms in total. The van der Waals surface area contributed by atoms with E-state index in [1.165, 1.54) is 28.0 Å². The maximum absolute atomic E-state index is 12.9. The van der Waals surface area contributed by atoms with Gasteiger partial charge in [-0.15, -0.1) is 0 Å². The monoisotopic (exact) mass is 503 g/mol. The summed E-state index contributed by atoms with van der Waals surface area (Å²) in [7, 11) is 0. The summed E-state index contributed by atoms with van der Waals surface area (Å²) in [5.74, 6) is -2.57. The minimum atomic E-state index is -0.742. The molecular formula is C27H25N3O7. The SMILES string of the molecule is CC1=CC[C@@H]2C(=O)N(c3ccc(OC(=O)[C@@H]4CC(=O)N(c5ccc(C)c([N+](=O)[O-])c5)C4)cc3)C(=O)[C@H]2C1. The molecule has 190 valence electrons. The highest BCUT2D eigenvalue weighted by molar-refractivity contribution is 6.22. The van der Waals surface area contributed by atoms with Gasteiger partial charge >= 0.3 is 5.97 Å². The quantitative estimate of drug-likeness (QED) is 0.152. The Morgan fingerprint density at radius 3 is 2.35 bits per heavy atom. The molecule has 2 aliphatic heterocycles. The van der Waals surface area contributed by atoms with Crippen LogP contribution in [0.25, 0.3) is 0 Å². The first-order valence-corrected chi connectivity index (χ1v) is 12.0. The second-order valence-electron chi connectivity index (χ2n) is 9.76. The van der Waals surface area contributed by atoms with Crippen molar-refractivity contribution in [3.63, 3.8) is 0 Å². The van der Waals surface area contributed by atoms with E-state index in [9.17, 15) is 29.3 Å². The van der Waals surface area contributed by atoms with E-state index in [0.29, 0.717) is 29.8 Å². The number of rotatable bonds is 5. The van der Waals surface area contributed by atoms with Crippen LogP contribution in [0.2, 0.25) is 0 Å². The average molecular weight is 504 g/mol. The van der Waals surface area contributed by atoms with Crippen molar-refractivity contribution >= 4 is 40.8 Å². The van der Waals surface area contributed by atoms with Crippen LogP contribution in [-0.2, 0) is 19.2 Å². The summed E-state index contributed by atoms with van der Waals surface area (Å²) in [4.78, 5) is 64.4. The first-order chi connectivity index (χ1) is 17.6. The number of fused-ring (bicyclic) bond motifs is 1. The third-order valence-corrected chi connectivity index (χ3v) is 7.30. The van der Waals surface area contributed by atoms with Gasteiger partial charge in [-0.25, -0.2) is 0 Å². The molecule has 37 heavy (non-hydrogen) atoms. The molecular weight excluding hydrogens is 478 g/mol. The Hall–Kier alpha value is -4.34. The molecule has 2 aromatic carbocycles. The van der Waals surface area contributed by atoms with Crippen molar-refractivity contribution in [1.29, 1.82) is 0 Å². The Morgan fingerprint density at radius 2 is 1.65 bits per heavy atom. The summed E-state index contributed by atoms with van der Waals surface area (Å²) >= 11 is 0. The number of ether oxygens (including phenoxy) is 1. The van der Waals surface area contributed by atoms with E-state index < -0.39 is 16.8 Å². The third-order valence-electron chi connectivity index (χ3n) is 7.30. The number of allylic oxidation sites excluding steroid dienone is 2. The van der Waals surface area contributed by atoms with E-state index in [1.807, 2.05) is 13.0 Å². The molecule has 2 aromatic rings. The fraction of sp³-hybridized carbons (Fsp3) is 0.333. The van der Waals surface area contributed by atoms with Crippen molar-refractivity contribution in [3.05, 3.63) is 69.8 Å². The zero-order valence-electron chi connectivity index (χ0n) is 20.4. The molecule has 0 aromatic heterocycles. The molecule has 1 aliphatic carbocycles. The number of nitrogens with zero attached hydrogens (tertiary/aromatic N) is 3. The minimum Gasteiger partial charge on any atom is -0.426 e. The Morgan fingerprint density at radius 1 is 0.973 bits per heavy atom. The highest BCUT2D eigenvalue weighted by Crippen LogP contribution is 2.40. The number of aryl methyl sites for hydroxylation is 1. The van der Waals surface area contributed by atoms with Gasteiger partial charge < -0.3 is 9.64 Å². The number of carbonyl (C=O) groups excluding carboxylic acids is 4. The molecule has 5 rings (SSSR count). The number of benzene rings is 2. The number of nitro benzene ring substituents is 1. The fourth-order valence-corrected chi connectivity index (χ4v) is 5.23. The number of esters is 1. The molecule has 10 heteroatoms. The van der Waals surface area contributed by atoms with Gasteiger partial charge in [-0.2, -0.15) is 0 Å². The minimum absolute atomic E-state index is 0.0446. The topological polar surface area (TPSA) is 127 Å². The average Bonchev–Trinajstić information content (AvgIpc) is 3.37. The van der Waals surface area contributed by atoms with E-state index in [-0.39, 0.29) is 54.0 Å². The van der Waals surface area contributed by atoms with Crippen LogP contribution in [0.5, 0.6) is 5.75 Å². The summed E-state index contributed by atoms with van der Waals surface area (Å²) in [5, 5.41) is 11.3. The van der Waals surface area contributed by atoms with E-state index in [2.05, 4.69) is 0 Å². The Balaban J connectivity index is 1.25. The Kier molecular flexibility index (Phi) is 6.10. The van der Waals surface area contributed by atoms with Crippen LogP contribution in [0.1, 0.15) is 31.7 Å². The summed E-state index contributed by atoms with van der Waals surface area (Å²) in [6.07, 6.45) is 3.06. The molecule has 0 saturated carbocycles. The van der Waals surface area contributed by atoms with Gasteiger partial charge in [0.15, 0.2) is 0 Å². The first kappa shape index (κ1) is 24.4. The van der Waals surface area contributed by atoms with Gasteiger partial charge in [0.1, 0.15) is 5.75 Å². The standard InChI is InChI=1S/C27H25N3O7/c1-15-3-10-21-22(11-15)26(33)29(25(21)32)18-6-8-20(9-7-18)37-27(34)17-12-24(31)28(14-17)19-5-4-16(2)23(13-19)30(35)36/h3-9,13,17,21-22H,10-12,14H2,1-2H3/t17-,21+,22+/m1/s1. The molecule has 0 radical (unpaired) electrons. The van der Waals surface area contributed by atoms with E-state index in [4.69, 9.17) is 4.74 Å². The predicted molar refractivity (Wildman–Crippen MR) is 133 cm³/mol. The number of hydrogen-bond acceptors (Lipinski definition) is 7. The number of anilines is 2. The molecule has 3 atom stereocenters. The molecule has 2 saturated heterocycles. The number of hydrogen-bond donors (Lipinski definition) is 0. The molecule has 3 amide bonds. The van der Waals surface area contributed by atoms with Gasteiger partial charge in [-0.1, -0.05) is 17.7 Å². The number of nitro groups is 1. The van der Waals surface area contributed by atoms with Gasteiger partial charge in [-0.05, 0) is 57.0 Å². The van der Waals surface area contributed by atoms with E-state index in [1.54, 1.807) is 31.2 Å². The molecule has 3 aliphatic rings. The summed E-state index contributed by atoms with van der Waals surface area (Å²) in [5.41, 5.74) is 2.26. The van der Waals surface area contributed by atoms with Gasteiger partial charge in [0.2, 0.25) is 17.7 Å². The highest BCUT2D eigenvalue weighted by Gasteiger charge is 2.48. The molecule has 0 bridgehead atoms. The summed E-state index contributed by atoms with van der Waals surface area (Å²) in [6.45, 7) is 3.62. The van der Waals surface area contributed by atoms with Crippen molar-refractivity contribution in [2.24, 2.45) is 17.8 Å². The first-order valence-electron chi connectivity index (χ1n) is 12.0. The zero-order chi connectivity index (χ0) is 26.4. The van der Waals surface area contributed by atoms with E-state index >= 15 is 0 Å². The number of carbonyl (C=O) groups is 4. The maximum atomic E-state index is 12.9. The van der Waals surface area contributed by atoms with Crippen molar-refractivity contribution in [1.82, 2.24) is 0 Å². The summed E-state index contributed by atoms with van der Waals surface area (Å²) < 4.78 is 5.47. The van der Waals surface area contributed by atoms with Crippen LogP contribution in [0, 0.1) is 34.8 Å². The van der Waals surface area contributed by atoms with Crippen LogP contribution in [0.4, 0.5) is 17.1 Å². The normalized spacial score (nSPS) is 23.2. The van der Waals surface area contributed by atoms with Crippen LogP contribution in [-0.4, -0.2) is 35.2 Å². The lowest BCUT2D eigenvalue weighted by atomic mass is 9.82. The predicted octanol–water partition coefficient (Wildman–Crippen LogP) is 3.71. The van der Waals surface area contributed by atoms with E-state index in [0.717, 1.165) is 5.57 Å². The second kappa shape index (κ2) is 9.27. The lowest BCUT2D eigenvalue weighted by Gasteiger charge is -2.18. The number of imide groups is 1. The fourth-order valence-electron chi connectivity index (χ4n) is 5.23. The van der Waals surface area contributed by atoms with Crippen molar-refractivity contribution in [2.45, 2.75) is 33.1 Å². The lowest BCUT2D eigenvalue weighted by molar-refractivity contribution is -0.385. The Bertz CT molecular complexity index is 1360. The summed E-state index contributed by atoms with van der Waals surface area (Å²) in [6, 6.07) is 10.7. The molecule has 2 heterocycles. The maximum Gasteiger partial charge on any atom is 0.316 e. The Labute approximate surface area is 212 Å². The molecule has 2 fully saturated rings. The molecule has 0 spiro atoms. The van der Waals surface area contributed by atoms with Gasteiger partial charge in [0, 0.05) is 24.6 Å². The zero-order valence-corrected chi connectivity index (χ0v) is 20.4. The van der Waals surface area contributed by atoms with Crippen LogP contribution < -0.4 is 14.5 Å². The van der Waals surface area contributed by atoms with Crippen molar-refractivity contribution in [3.8, 4) is 5.75 Å². The van der Waals surface area contributed by atoms with Crippen molar-refractivity contribution < 1.29 is 28.8 Å². The van der Waals surface area contributed by atoms with Gasteiger partial charge in [0.25, 0.3) is 5.69 Å². The van der Waals surface area contributed by atoms with Gasteiger partial charge in [-0.3, -0.25) is 34.2 Å². The largest absolute Gasteiger partial charge is 0.426 e. The smallest absolute Gasteiger partial charge is 0.316 e. The molecule has 0 N–H and O–H groups in total. The highest BCUT2D eigenvalue weighted by atomic mass is 16.6. The number of amides is 3. The lowest BCUT2D eigenvalue weighted by Crippen LogP contribution is -2.30. The van der Waals surface area contributed by atoms with Crippen LogP contribution in [0.15, 0.2) is 54.1 Å². The molecule has 0 unspecified atom stereocenters.